The molecule has 0 spiro atoms. The van der Waals surface area contributed by atoms with Crippen molar-refractivity contribution in [1.82, 2.24) is 9.62 Å². The molecular weight excluding hydrogens is 460 g/mol. The molecule has 7 nitrogen and oxygen atoms in total. The minimum absolute atomic E-state index is 0.0199. The van der Waals surface area contributed by atoms with Crippen LogP contribution in [0.4, 0.5) is 10.5 Å². The van der Waals surface area contributed by atoms with E-state index in [0.717, 1.165) is 56.9 Å². The second kappa shape index (κ2) is 11.2. The lowest BCUT2D eigenvalue weighted by Crippen LogP contribution is -2.57. The zero-order valence-corrected chi connectivity index (χ0v) is 20.9. The maximum atomic E-state index is 13.1. The van der Waals surface area contributed by atoms with Gasteiger partial charge in [-0.05, 0) is 55.4 Å². The number of amides is 2. The lowest BCUT2D eigenvalue weighted by atomic mass is 9.73. The normalized spacial score (nSPS) is 19.3. The van der Waals surface area contributed by atoms with Gasteiger partial charge in [0.25, 0.3) is 0 Å². The third-order valence-electron chi connectivity index (χ3n) is 7.43. The molecule has 1 saturated carbocycles. The van der Waals surface area contributed by atoms with Gasteiger partial charge in [-0.3, -0.25) is 0 Å². The number of nitriles is 1. The van der Waals surface area contributed by atoms with Gasteiger partial charge < -0.3 is 10.6 Å². The van der Waals surface area contributed by atoms with E-state index in [1.807, 2.05) is 30.3 Å². The number of piperidine rings is 1. The van der Waals surface area contributed by atoms with E-state index in [1.165, 1.54) is 0 Å². The van der Waals surface area contributed by atoms with Gasteiger partial charge in [-0.25, -0.2) is 17.5 Å². The van der Waals surface area contributed by atoms with E-state index in [-0.39, 0.29) is 23.2 Å². The molecule has 186 valence electrons. The second-order valence-electron chi connectivity index (χ2n) is 9.76. The summed E-state index contributed by atoms with van der Waals surface area (Å²) in [7, 11) is -3.38. The number of hydrogen-bond acceptors (Lipinski definition) is 4. The maximum Gasteiger partial charge on any atom is 0.319 e. The number of benzene rings is 2. The molecule has 2 aromatic rings. The molecule has 0 bridgehead atoms. The number of carbonyl (C=O) groups excluding carboxylic acids is 1. The Balaban J connectivity index is 1.43. The zero-order chi connectivity index (χ0) is 24.7. The monoisotopic (exact) mass is 494 g/mol. The lowest BCUT2D eigenvalue weighted by molar-refractivity contribution is 0.130. The van der Waals surface area contributed by atoms with Crippen molar-refractivity contribution in [2.45, 2.75) is 62.7 Å². The Morgan fingerprint density at radius 3 is 2.34 bits per heavy atom. The van der Waals surface area contributed by atoms with Gasteiger partial charge in [-0.15, -0.1) is 0 Å². The molecule has 2 N–H and O–H groups in total. The van der Waals surface area contributed by atoms with Crippen molar-refractivity contribution < 1.29 is 13.2 Å². The fraction of sp³-hybridized carbons (Fsp3) is 0.481. The molecule has 0 unspecified atom stereocenters. The molecular formula is C27H34N4O3S. The summed E-state index contributed by atoms with van der Waals surface area (Å²) in [6, 6.07) is 18.0. The minimum Gasteiger partial charge on any atom is -0.332 e. The number of carbonyl (C=O) groups is 1. The van der Waals surface area contributed by atoms with Crippen LogP contribution in [0.15, 0.2) is 54.6 Å². The quantitative estimate of drug-likeness (QED) is 0.551. The molecule has 35 heavy (non-hydrogen) atoms. The first kappa shape index (κ1) is 25.2. The molecule has 2 aromatic carbocycles. The average Bonchev–Trinajstić information content (AvgIpc) is 3.11. The fourth-order valence-corrected chi connectivity index (χ4v) is 7.18. The van der Waals surface area contributed by atoms with E-state index in [1.54, 1.807) is 28.6 Å². The van der Waals surface area contributed by atoms with Crippen molar-refractivity contribution in [2.75, 3.05) is 18.4 Å². The van der Waals surface area contributed by atoms with Crippen molar-refractivity contribution >= 4 is 21.7 Å². The van der Waals surface area contributed by atoms with Crippen LogP contribution in [0.25, 0.3) is 0 Å². The lowest BCUT2D eigenvalue weighted by Gasteiger charge is -2.45. The Hall–Kier alpha value is -2.89. The van der Waals surface area contributed by atoms with Crippen molar-refractivity contribution in [3.63, 3.8) is 0 Å². The summed E-state index contributed by atoms with van der Waals surface area (Å²) >= 11 is 0. The van der Waals surface area contributed by atoms with Crippen LogP contribution in [0.5, 0.6) is 0 Å². The number of rotatable bonds is 6. The van der Waals surface area contributed by atoms with Gasteiger partial charge in [-0.2, -0.15) is 5.26 Å². The summed E-state index contributed by atoms with van der Waals surface area (Å²) in [5.74, 6) is 0.242. The summed E-state index contributed by atoms with van der Waals surface area (Å²) in [4.78, 5) is 13.1. The largest absolute Gasteiger partial charge is 0.332 e. The van der Waals surface area contributed by atoms with E-state index in [0.29, 0.717) is 24.3 Å². The molecule has 1 aliphatic carbocycles. The first-order valence-corrected chi connectivity index (χ1v) is 14.1. The fourth-order valence-electron chi connectivity index (χ4n) is 5.61. The number of urea groups is 1. The first-order valence-electron chi connectivity index (χ1n) is 12.5. The van der Waals surface area contributed by atoms with Crippen molar-refractivity contribution in [3.05, 3.63) is 65.7 Å². The number of sulfonamides is 1. The van der Waals surface area contributed by atoms with Crippen molar-refractivity contribution in [3.8, 4) is 6.07 Å². The Morgan fingerprint density at radius 1 is 1.00 bits per heavy atom. The molecule has 2 fully saturated rings. The van der Waals surface area contributed by atoms with Gasteiger partial charge in [0.1, 0.15) is 0 Å². The van der Waals surface area contributed by atoms with Gasteiger partial charge in [0.2, 0.25) is 10.0 Å². The van der Waals surface area contributed by atoms with Crippen LogP contribution in [0.3, 0.4) is 0 Å². The third-order valence-corrected chi connectivity index (χ3v) is 9.28. The first-order chi connectivity index (χ1) is 16.9. The molecule has 4 rings (SSSR count). The smallest absolute Gasteiger partial charge is 0.319 e. The molecule has 0 atom stereocenters. The van der Waals surface area contributed by atoms with Gasteiger partial charge in [-0.1, -0.05) is 62.1 Å². The van der Waals surface area contributed by atoms with E-state index in [4.69, 9.17) is 5.26 Å². The summed E-state index contributed by atoms with van der Waals surface area (Å²) in [5.41, 5.74) is 1.54. The highest BCUT2D eigenvalue weighted by Crippen LogP contribution is 2.39. The van der Waals surface area contributed by atoms with E-state index in [9.17, 15) is 13.2 Å². The van der Waals surface area contributed by atoms with Crippen molar-refractivity contribution in [2.24, 2.45) is 5.92 Å². The molecule has 1 saturated heterocycles. The third kappa shape index (κ3) is 6.41. The Bertz CT molecular complexity index is 1140. The average molecular weight is 495 g/mol. The van der Waals surface area contributed by atoms with Gasteiger partial charge in [0, 0.05) is 24.3 Å². The summed E-state index contributed by atoms with van der Waals surface area (Å²) in [6.45, 7) is 0.962. The Kier molecular flexibility index (Phi) is 8.09. The molecule has 8 heteroatoms. The summed E-state index contributed by atoms with van der Waals surface area (Å²) in [5, 5.41) is 15.4. The van der Waals surface area contributed by atoms with Gasteiger partial charge in [0.15, 0.2) is 0 Å². The Morgan fingerprint density at radius 2 is 1.69 bits per heavy atom. The molecule has 2 amide bonds. The van der Waals surface area contributed by atoms with E-state index >= 15 is 0 Å². The number of nitrogens with one attached hydrogen (secondary N) is 2. The van der Waals surface area contributed by atoms with Crippen LogP contribution in [0, 0.1) is 17.2 Å². The highest BCUT2D eigenvalue weighted by Gasteiger charge is 2.43. The molecule has 1 heterocycles. The van der Waals surface area contributed by atoms with Crippen LogP contribution in [0.1, 0.15) is 62.5 Å². The molecule has 0 radical (unpaired) electrons. The standard InChI is InChI=1S/C27H34N4O3S/c28-20-23-11-8-12-25(19-23)29-26(32)30-27(15-6-1-2-7-16-27)24-13-17-31(18-14-24)35(33,34)21-22-9-4-3-5-10-22/h3-5,8-12,19,24H,1-2,6-7,13-18,21H2,(H2,29,30,32). The minimum atomic E-state index is -3.38. The summed E-state index contributed by atoms with van der Waals surface area (Å²) < 4.78 is 27.7. The second-order valence-corrected chi connectivity index (χ2v) is 11.7. The van der Waals surface area contributed by atoms with Gasteiger partial charge >= 0.3 is 6.03 Å². The van der Waals surface area contributed by atoms with Crippen LogP contribution in [0.2, 0.25) is 0 Å². The summed E-state index contributed by atoms with van der Waals surface area (Å²) in [6.07, 6.45) is 7.68. The van der Waals surface area contributed by atoms with E-state index in [2.05, 4.69) is 16.7 Å². The Labute approximate surface area is 208 Å². The number of hydrogen-bond donors (Lipinski definition) is 2. The molecule has 2 aliphatic rings. The zero-order valence-electron chi connectivity index (χ0n) is 20.1. The molecule has 1 aliphatic heterocycles. The number of nitrogens with zero attached hydrogens (tertiary/aromatic N) is 2. The number of anilines is 1. The highest BCUT2D eigenvalue weighted by atomic mass is 32.2. The topological polar surface area (TPSA) is 102 Å². The van der Waals surface area contributed by atoms with Crippen LogP contribution >= 0.6 is 0 Å². The predicted molar refractivity (Wildman–Crippen MR) is 137 cm³/mol. The van der Waals surface area contributed by atoms with E-state index < -0.39 is 10.0 Å². The van der Waals surface area contributed by atoms with Crippen LogP contribution in [-0.4, -0.2) is 37.4 Å². The predicted octanol–water partition coefficient (Wildman–Crippen LogP) is 5.01. The van der Waals surface area contributed by atoms with Crippen molar-refractivity contribution in [1.29, 1.82) is 5.26 Å². The molecule has 0 aromatic heterocycles. The van der Waals surface area contributed by atoms with Crippen LogP contribution in [-0.2, 0) is 15.8 Å². The maximum absolute atomic E-state index is 13.1. The van der Waals surface area contributed by atoms with Gasteiger partial charge in [0.05, 0.1) is 17.4 Å². The van der Waals surface area contributed by atoms with Crippen LogP contribution < -0.4 is 10.6 Å². The SMILES string of the molecule is N#Cc1cccc(NC(=O)NC2(C3CCN(S(=O)(=O)Cc4ccccc4)CC3)CCCCCC2)c1. The highest BCUT2D eigenvalue weighted by molar-refractivity contribution is 7.88.